The number of rotatable bonds is 11. The summed E-state index contributed by atoms with van der Waals surface area (Å²) in [6.45, 7) is 12.3. The van der Waals surface area contributed by atoms with Crippen LogP contribution in [0.1, 0.15) is 80.1 Å². The molecule has 0 saturated heterocycles. The van der Waals surface area contributed by atoms with Crippen LogP contribution in [0.25, 0.3) is 10.9 Å². The van der Waals surface area contributed by atoms with Crippen LogP contribution >= 0.6 is 11.6 Å². The van der Waals surface area contributed by atoms with Crippen molar-refractivity contribution in [1.29, 1.82) is 0 Å². The second-order valence-electron chi connectivity index (χ2n) is 9.79. The van der Waals surface area contributed by atoms with Crippen LogP contribution < -0.4 is 8.32 Å². The Morgan fingerprint density at radius 2 is 1.59 bits per heavy atom. The minimum absolute atomic E-state index is 0.596. The summed E-state index contributed by atoms with van der Waals surface area (Å²) in [5.74, 6) is 0.596. The quantitative estimate of drug-likeness (QED) is 0.156. The summed E-state index contributed by atoms with van der Waals surface area (Å²) in [6.07, 6.45) is 8.17. The van der Waals surface area contributed by atoms with Gasteiger partial charge in [-0.2, -0.15) is 0 Å². The van der Waals surface area contributed by atoms with E-state index in [0.717, 1.165) is 5.39 Å². The van der Waals surface area contributed by atoms with Gasteiger partial charge in [0.05, 0.1) is 0 Å². The fraction of sp³-hybridized carbons (Fsp3) is 0.615. The first kappa shape index (κ1) is 27.2. The molecule has 6 heteroatoms. The molecular weight excluding hydrogens is 528 g/mol. The van der Waals surface area contributed by atoms with Gasteiger partial charge in [0.15, 0.2) is 0 Å². The molecule has 0 fully saturated rings. The van der Waals surface area contributed by atoms with Gasteiger partial charge in [-0.05, 0) is 0 Å². The molecule has 0 aliphatic rings. The zero-order valence-electron chi connectivity index (χ0n) is 20.7. The number of halogens is 1. The monoisotopic (exact) mass is 569 g/mol. The predicted octanol–water partition coefficient (Wildman–Crippen LogP) is 8.26. The van der Waals surface area contributed by atoms with E-state index in [1.165, 1.54) is 55.4 Å². The summed E-state index contributed by atoms with van der Waals surface area (Å²) < 4.78 is 16.5. The number of hydrogen-bond acceptors (Lipinski definition) is 4. The maximum absolute atomic E-state index is 12.8. The zero-order valence-corrected chi connectivity index (χ0v) is 24.3. The van der Waals surface area contributed by atoms with Gasteiger partial charge >= 0.3 is 204 Å². The Hall–Kier alpha value is -1.01. The van der Waals surface area contributed by atoms with Crippen molar-refractivity contribution in [3.63, 3.8) is 0 Å². The Morgan fingerprint density at radius 3 is 2.09 bits per heavy atom. The molecular formula is C26H40ClNO3Sn. The van der Waals surface area contributed by atoms with Gasteiger partial charge in [0.25, 0.3) is 0 Å². The summed E-state index contributed by atoms with van der Waals surface area (Å²) in [5, 5.41) is 1.52. The van der Waals surface area contributed by atoms with E-state index >= 15 is 0 Å². The van der Waals surface area contributed by atoms with Crippen molar-refractivity contribution in [3.05, 3.63) is 29.4 Å². The van der Waals surface area contributed by atoms with E-state index in [9.17, 15) is 4.79 Å². The molecule has 2 aromatic rings. The number of unbranched alkanes of at least 4 members (excludes halogenated alkanes) is 3. The number of fused-ring (bicyclic) bond motifs is 1. The molecule has 0 unspecified atom stereocenters. The molecule has 1 aromatic heterocycles. The molecule has 0 radical (unpaired) electrons. The minimum atomic E-state index is -2.98. The maximum atomic E-state index is 12.8. The van der Waals surface area contributed by atoms with Crippen LogP contribution in [0.5, 0.6) is 5.75 Å². The van der Waals surface area contributed by atoms with Crippen molar-refractivity contribution in [2.75, 3.05) is 0 Å². The summed E-state index contributed by atoms with van der Waals surface area (Å²) in [5.41, 5.74) is 0.0475. The Kier molecular flexibility index (Phi) is 10.6. The molecule has 0 N–H and O–H groups in total. The average molecular weight is 569 g/mol. The van der Waals surface area contributed by atoms with E-state index < -0.39 is 30.1 Å². The van der Waals surface area contributed by atoms with Crippen LogP contribution in [-0.4, -0.2) is 35.1 Å². The number of carbonyl (C=O) groups excluding carboxylic acids is 1. The molecule has 2 rings (SSSR count). The van der Waals surface area contributed by atoms with Crippen LogP contribution in [0.15, 0.2) is 24.4 Å². The topological polar surface area (TPSA) is 48.4 Å². The van der Waals surface area contributed by atoms with Crippen LogP contribution in [0.2, 0.25) is 18.3 Å². The normalized spacial score (nSPS) is 12.2. The van der Waals surface area contributed by atoms with Gasteiger partial charge in [0.1, 0.15) is 0 Å². The van der Waals surface area contributed by atoms with Gasteiger partial charge in [0.2, 0.25) is 0 Å². The summed E-state index contributed by atoms with van der Waals surface area (Å²) >= 11 is 3.83. The second-order valence-corrected chi connectivity index (χ2v) is 23.3. The first-order chi connectivity index (χ1) is 15.2. The van der Waals surface area contributed by atoms with Gasteiger partial charge in [-0.1, -0.05) is 0 Å². The van der Waals surface area contributed by atoms with Gasteiger partial charge in [-0.3, -0.25) is 0 Å². The molecule has 1 heterocycles. The molecule has 0 aliphatic carbocycles. The van der Waals surface area contributed by atoms with E-state index in [4.69, 9.17) is 21.1 Å². The number of ether oxygens (including phenoxy) is 2. The van der Waals surface area contributed by atoms with Crippen molar-refractivity contribution >= 4 is 50.6 Å². The Morgan fingerprint density at radius 1 is 1.03 bits per heavy atom. The molecule has 178 valence electrons. The second kappa shape index (κ2) is 12.5. The molecule has 0 amide bonds. The van der Waals surface area contributed by atoms with Gasteiger partial charge in [0, 0.05) is 0 Å². The first-order valence-electron chi connectivity index (χ1n) is 12.2. The van der Waals surface area contributed by atoms with Crippen molar-refractivity contribution in [2.24, 2.45) is 0 Å². The van der Waals surface area contributed by atoms with Gasteiger partial charge < -0.3 is 0 Å². The Labute approximate surface area is 203 Å². The van der Waals surface area contributed by atoms with E-state index in [1.807, 2.05) is 32.9 Å². The molecule has 4 nitrogen and oxygen atoms in total. The Bertz CT molecular complexity index is 873. The van der Waals surface area contributed by atoms with Crippen molar-refractivity contribution in [3.8, 4) is 5.75 Å². The molecule has 1 aromatic carbocycles. The number of hydrogen-bond donors (Lipinski definition) is 0. The summed E-state index contributed by atoms with van der Waals surface area (Å²) in [6, 6.07) is 5.92. The van der Waals surface area contributed by atoms with E-state index in [-0.39, 0.29) is 0 Å². The van der Waals surface area contributed by atoms with E-state index in [1.54, 1.807) is 6.20 Å². The number of pyridine rings is 1. The molecule has 0 aliphatic heterocycles. The Balaban J connectivity index is 2.73. The summed E-state index contributed by atoms with van der Waals surface area (Å²) in [7, 11) is 0. The fourth-order valence-electron chi connectivity index (χ4n) is 4.35. The molecule has 0 bridgehead atoms. The van der Waals surface area contributed by atoms with Crippen LogP contribution in [-0.2, 0) is 4.74 Å². The number of benzene rings is 1. The third-order valence-electron chi connectivity index (χ3n) is 5.97. The number of nitrogens with zero attached hydrogens (tertiary/aromatic N) is 1. The predicted molar refractivity (Wildman–Crippen MR) is 138 cm³/mol. The molecule has 0 spiro atoms. The zero-order chi connectivity index (χ0) is 23.8. The van der Waals surface area contributed by atoms with Crippen LogP contribution in [0, 0.1) is 0 Å². The SMILES string of the molecule is CCC[CH2][Sn]([CH2]CCC)([CH2]CCC)[c]1cc(Cl)c2cccnc2c1OC(=O)OC(C)(C)C. The molecule has 0 atom stereocenters. The van der Waals surface area contributed by atoms with Crippen molar-refractivity contribution < 1.29 is 14.3 Å². The van der Waals surface area contributed by atoms with E-state index in [0.29, 0.717) is 16.3 Å². The first-order valence-corrected chi connectivity index (χ1v) is 20.0. The van der Waals surface area contributed by atoms with Crippen LogP contribution in [0.4, 0.5) is 4.79 Å². The summed E-state index contributed by atoms with van der Waals surface area (Å²) in [4.78, 5) is 17.4. The van der Waals surface area contributed by atoms with Gasteiger partial charge in [-0.15, -0.1) is 0 Å². The van der Waals surface area contributed by atoms with E-state index in [2.05, 4.69) is 31.8 Å². The molecule has 32 heavy (non-hydrogen) atoms. The van der Waals surface area contributed by atoms with Crippen LogP contribution in [0.3, 0.4) is 0 Å². The fourth-order valence-corrected chi connectivity index (χ4v) is 21.3. The standard InChI is InChI=1S/C14H13ClNO3.3C4H9.Sn/c1-14(2,3)19-13(17)18-11-7-6-10(15)9-5-4-8-16-12(9)11;3*1-3-4-2;/h4-6,8H,1-3H3;3*1,3-4H2,2H3;. The number of aromatic nitrogens is 1. The number of carbonyl (C=O) groups is 1. The van der Waals surface area contributed by atoms with Crippen molar-refractivity contribution in [2.45, 2.75) is 99.0 Å². The molecule has 0 saturated carbocycles. The average Bonchev–Trinajstić information content (AvgIpc) is 2.74. The third kappa shape index (κ3) is 7.24. The van der Waals surface area contributed by atoms with Crippen molar-refractivity contribution in [1.82, 2.24) is 4.98 Å². The van der Waals surface area contributed by atoms with Gasteiger partial charge in [-0.25, -0.2) is 0 Å². The third-order valence-corrected chi connectivity index (χ3v) is 21.8.